The van der Waals surface area contributed by atoms with Crippen molar-refractivity contribution in [2.24, 2.45) is 0 Å². The first-order valence-corrected chi connectivity index (χ1v) is 11.1. The molecule has 1 fully saturated rings. The molecule has 0 N–H and O–H groups in total. The first-order valence-electron chi connectivity index (χ1n) is 11.1. The highest BCUT2D eigenvalue weighted by Gasteiger charge is 2.25. The molecule has 1 aliphatic heterocycles. The molecule has 168 valence electrons. The van der Waals surface area contributed by atoms with Crippen molar-refractivity contribution < 1.29 is 9.59 Å². The Hall–Kier alpha value is -2.74. The van der Waals surface area contributed by atoms with Crippen LogP contribution in [0.5, 0.6) is 0 Å². The van der Waals surface area contributed by atoms with Gasteiger partial charge in [0.05, 0.1) is 11.9 Å². The molecule has 1 aromatic carbocycles. The lowest BCUT2D eigenvalue weighted by molar-refractivity contribution is -0.129. The number of hydrogen-bond donors (Lipinski definition) is 0. The Morgan fingerprint density at radius 1 is 1.03 bits per heavy atom. The summed E-state index contributed by atoms with van der Waals surface area (Å²) in [5, 5.41) is 5.64. The van der Waals surface area contributed by atoms with Gasteiger partial charge in [-0.1, -0.05) is 38.0 Å². The molecule has 3 rings (SSSR count). The number of rotatable bonds is 7. The van der Waals surface area contributed by atoms with E-state index in [9.17, 15) is 14.4 Å². The minimum absolute atomic E-state index is 0.0617. The van der Waals surface area contributed by atoms with Gasteiger partial charge in [-0.05, 0) is 18.9 Å². The summed E-state index contributed by atoms with van der Waals surface area (Å²) in [6.07, 6.45) is 3.71. The van der Waals surface area contributed by atoms with Crippen LogP contribution in [-0.2, 0) is 11.3 Å². The summed E-state index contributed by atoms with van der Waals surface area (Å²) < 4.78 is 1.45. The van der Waals surface area contributed by atoms with Crippen LogP contribution < -0.4 is 5.56 Å². The maximum Gasteiger partial charge on any atom is 0.274 e. The Kier molecular flexibility index (Phi) is 7.79. The van der Waals surface area contributed by atoms with E-state index in [1.807, 2.05) is 12.1 Å². The highest BCUT2D eigenvalue weighted by Crippen LogP contribution is 2.17. The normalized spacial score (nSPS) is 15.1. The minimum Gasteiger partial charge on any atom is -0.348 e. The van der Waals surface area contributed by atoms with Gasteiger partial charge in [0.1, 0.15) is 0 Å². The van der Waals surface area contributed by atoms with Crippen LogP contribution in [0.15, 0.2) is 29.1 Å². The monoisotopic (exact) mass is 427 g/mol. The number of unbranched alkanes of at least 4 members (excludes halogenated alkanes) is 2. The molecule has 1 aliphatic rings. The third-order valence-electron chi connectivity index (χ3n) is 5.78. The molecule has 31 heavy (non-hydrogen) atoms. The number of aromatic nitrogens is 2. The van der Waals surface area contributed by atoms with Crippen molar-refractivity contribution in [3.05, 3.63) is 40.3 Å². The molecule has 0 saturated carbocycles. The zero-order valence-corrected chi connectivity index (χ0v) is 18.8. The number of aryl methyl sites for hydroxylation is 1. The van der Waals surface area contributed by atoms with Crippen LogP contribution in [0.3, 0.4) is 0 Å². The summed E-state index contributed by atoms with van der Waals surface area (Å²) in [4.78, 5) is 43.8. The van der Waals surface area contributed by atoms with Gasteiger partial charge in [-0.25, -0.2) is 4.68 Å². The molecule has 0 radical (unpaired) electrons. The molecule has 8 nitrogen and oxygen atoms in total. The predicted molar refractivity (Wildman–Crippen MR) is 121 cm³/mol. The predicted octanol–water partition coefficient (Wildman–Crippen LogP) is 1.82. The zero-order chi connectivity index (χ0) is 22.4. The van der Waals surface area contributed by atoms with Crippen molar-refractivity contribution in [2.45, 2.75) is 39.2 Å². The lowest BCUT2D eigenvalue weighted by Gasteiger charge is -2.23. The second-order valence-electron chi connectivity index (χ2n) is 8.34. The second-order valence-corrected chi connectivity index (χ2v) is 8.34. The van der Waals surface area contributed by atoms with Gasteiger partial charge < -0.3 is 9.80 Å². The topological polar surface area (TPSA) is 78.8 Å². The first kappa shape index (κ1) is 22.9. The largest absolute Gasteiger partial charge is 0.348 e. The summed E-state index contributed by atoms with van der Waals surface area (Å²) >= 11 is 0. The molecule has 0 atom stereocenters. The molecule has 0 spiro atoms. The van der Waals surface area contributed by atoms with Crippen LogP contribution in [0.1, 0.15) is 43.1 Å². The van der Waals surface area contributed by atoms with E-state index in [2.05, 4.69) is 16.9 Å². The van der Waals surface area contributed by atoms with Gasteiger partial charge in [-0.15, -0.1) is 0 Å². The quantitative estimate of drug-likeness (QED) is 0.630. The summed E-state index contributed by atoms with van der Waals surface area (Å²) in [5.74, 6) is -0.0900. The molecule has 1 saturated heterocycles. The second kappa shape index (κ2) is 10.5. The number of carbonyl (C=O) groups excluding carboxylic acids is 2. The maximum absolute atomic E-state index is 13.5. The summed E-state index contributed by atoms with van der Waals surface area (Å²) in [6, 6.07) is 7.22. The van der Waals surface area contributed by atoms with Crippen LogP contribution in [0, 0.1) is 0 Å². The van der Waals surface area contributed by atoms with Crippen molar-refractivity contribution in [3.8, 4) is 0 Å². The number of amides is 2. The van der Waals surface area contributed by atoms with Gasteiger partial charge in [0.15, 0.2) is 5.69 Å². The number of carbonyl (C=O) groups is 2. The van der Waals surface area contributed by atoms with Crippen LogP contribution in [0.25, 0.3) is 10.8 Å². The molecule has 2 heterocycles. The van der Waals surface area contributed by atoms with E-state index >= 15 is 0 Å². The van der Waals surface area contributed by atoms with Gasteiger partial charge in [0.25, 0.3) is 11.5 Å². The summed E-state index contributed by atoms with van der Waals surface area (Å²) in [5.41, 5.74) is 0.192. The van der Waals surface area contributed by atoms with Crippen molar-refractivity contribution in [1.29, 1.82) is 0 Å². The third kappa shape index (κ3) is 5.50. The zero-order valence-electron chi connectivity index (χ0n) is 18.8. The Morgan fingerprint density at radius 2 is 1.77 bits per heavy atom. The van der Waals surface area contributed by atoms with E-state index in [4.69, 9.17) is 0 Å². The van der Waals surface area contributed by atoms with Crippen molar-refractivity contribution in [3.63, 3.8) is 0 Å². The Labute approximate surface area is 183 Å². The Bertz CT molecular complexity index is 985. The van der Waals surface area contributed by atoms with Crippen molar-refractivity contribution >= 4 is 22.6 Å². The van der Waals surface area contributed by atoms with E-state index in [1.165, 1.54) is 4.68 Å². The average molecular weight is 428 g/mol. The van der Waals surface area contributed by atoms with Crippen molar-refractivity contribution in [1.82, 2.24) is 24.5 Å². The van der Waals surface area contributed by atoms with E-state index in [-0.39, 0.29) is 17.4 Å². The van der Waals surface area contributed by atoms with E-state index in [0.29, 0.717) is 49.2 Å². The fourth-order valence-corrected chi connectivity index (χ4v) is 3.87. The lowest BCUT2D eigenvalue weighted by Crippen LogP contribution is -2.40. The van der Waals surface area contributed by atoms with Gasteiger partial charge in [0.2, 0.25) is 5.91 Å². The van der Waals surface area contributed by atoms with Gasteiger partial charge in [0, 0.05) is 52.2 Å². The fourth-order valence-electron chi connectivity index (χ4n) is 3.87. The molecule has 0 bridgehead atoms. The molecule has 2 amide bonds. The molecule has 0 unspecified atom stereocenters. The molecule has 8 heteroatoms. The van der Waals surface area contributed by atoms with Crippen molar-refractivity contribution in [2.75, 3.05) is 46.8 Å². The highest BCUT2D eigenvalue weighted by atomic mass is 16.2. The van der Waals surface area contributed by atoms with Crippen LogP contribution >= 0.6 is 0 Å². The number of fused-ring (bicyclic) bond motifs is 1. The van der Waals surface area contributed by atoms with E-state index < -0.39 is 0 Å². The number of nitrogens with zero attached hydrogens (tertiary/aromatic N) is 5. The van der Waals surface area contributed by atoms with E-state index in [1.54, 1.807) is 36.0 Å². The fraction of sp³-hybridized carbons (Fsp3) is 0.565. The number of likely N-dealkylation sites (N-methyl/N-ethyl adjacent to an activating group) is 1. The summed E-state index contributed by atoms with van der Waals surface area (Å²) in [6.45, 7) is 5.53. The standard InChI is InChI=1S/C23H33N5O3/c1-4-5-8-14-28-22(30)19-11-7-6-10-18(19)21(24-28)23(31)27-13-9-12-26(15-16-27)17-20(29)25(2)3/h6-7,10-11H,4-5,8-9,12-17H2,1-3H3. The number of benzene rings is 1. The molecule has 0 aliphatic carbocycles. The van der Waals surface area contributed by atoms with Gasteiger partial charge in [-0.3, -0.25) is 19.3 Å². The van der Waals surface area contributed by atoms with Crippen LogP contribution in [-0.4, -0.2) is 83.1 Å². The molecular weight excluding hydrogens is 394 g/mol. The molecular formula is C23H33N5O3. The summed E-state index contributed by atoms with van der Waals surface area (Å²) in [7, 11) is 3.50. The van der Waals surface area contributed by atoms with E-state index in [0.717, 1.165) is 32.2 Å². The molecule has 1 aromatic heterocycles. The minimum atomic E-state index is -0.152. The van der Waals surface area contributed by atoms with Crippen LogP contribution in [0.2, 0.25) is 0 Å². The smallest absolute Gasteiger partial charge is 0.274 e. The van der Waals surface area contributed by atoms with Gasteiger partial charge >= 0.3 is 0 Å². The van der Waals surface area contributed by atoms with Crippen LogP contribution in [0.4, 0.5) is 0 Å². The maximum atomic E-state index is 13.5. The number of hydrogen-bond acceptors (Lipinski definition) is 5. The average Bonchev–Trinajstić information content (AvgIpc) is 3.00. The third-order valence-corrected chi connectivity index (χ3v) is 5.78. The molecule has 2 aromatic rings. The Morgan fingerprint density at radius 3 is 2.48 bits per heavy atom. The van der Waals surface area contributed by atoms with Gasteiger partial charge in [-0.2, -0.15) is 5.10 Å². The SMILES string of the molecule is CCCCCn1nc(C(=O)N2CCCN(CC(=O)N(C)C)CC2)c2ccccc2c1=O. The Balaban J connectivity index is 1.83. The first-order chi connectivity index (χ1) is 14.9. The lowest BCUT2D eigenvalue weighted by atomic mass is 10.1. The highest BCUT2D eigenvalue weighted by molar-refractivity contribution is 6.04.